The lowest BCUT2D eigenvalue weighted by atomic mass is 10.1. The minimum absolute atomic E-state index is 0.00912. The van der Waals surface area contributed by atoms with Crippen LogP contribution in [0.3, 0.4) is 0 Å². The number of fused-ring (bicyclic) bond motifs is 3. The molecule has 0 amide bonds. The summed E-state index contributed by atoms with van der Waals surface area (Å²) in [5.41, 5.74) is 2.78. The summed E-state index contributed by atoms with van der Waals surface area (Å²) in [7, 11) is 2.16. The smallest absolute Gasteiger partial charge is 0.193 e. The van der Waals surface area contributed by atoms with Crippen molar-refractivity contribution in [3.8, 4) is 11.3 Å². The molecule has 3 aromatic carbocycles. The van der Waals surface area contributed by atoms with E-state index < -0.39 is 0 Å². The van der Waals surface area contributed by atoms with Gasteiger partial charge in [-0.2, -0.15) is 0 Å². The second-order valence-electron chi connectivity index (χ2n) is 7.48. The molecule has 0 unspecified atom stereocenters. The summed E-state index contributed by atoms with van der Waals surface area (Å²) in [5.74, 6) is 0.610. The molecule has 4 nitrogen and oxygen atoms in total. The van der Waals surface area contributed by atoms with E-state index in [0.29, 0.717) is 16.7 Å². The third-order valence-corrected chi connectivity index (χ3v) is 5.64. The number of hydrogen-bond acceptors (Lipinski definition) is 4. The second kappa shape index (κ2) is 6.80. The molecule has 2 heterocycles. The normalized spacial score (nSPS) is 15.4. The molecule has 0 atom stereocenters. The van der Waals surface area contributed by atoms with Crippen molar-refractivity contribution < 1.29 is 4.42 Å². The van der Waals surface area contributed by atoms with Crippen molar-refractivity contribution in [2.75, 3.05) is 38.1 Å². The van der Waals surface area contributed by atoms with Gasteiger partial charge in [0.05, 0.1) is 5.39 Å². The minimum atomic E-state index is -0.00912. The molecule has 1 saturated heterocycles. The van der Waals surface area contributed by atoms with E-state index in [0.717, 1.165) is 42.5 Å². The van der Waals surface area contributed by atoms with Crippen molar-refractivity contribution in [2.24, 2.45) is 0 Å². The molecule has 1 aliphatic heterocycles. The Morgan fingerprint density at radius 1 is 0.821 bits per heavy atom. The van der Waals surface area contributed by atoms with Gasteiger partial charge in [-0.05, 0) is 42.8 Å². The molecular weight excluding hydrogens is 348 g/mol. The molecule has 140 valence electrons. The molecule has 0 N–H and O–H groups in total. The van der Waals surface area contributed by atoms with Gasteiger partial charge in [0, 0.05) is 48.9 Å². The van der Waals surface area contributed by atoms with Crippen LogP contribution in [0.25, 0.3) is 33.1 Å². The van der Waals surface area contributed by atoms with Crippen LogP contribution in [-0.2, 0) is 0 Å². The van der Waals surface area contributed by atoms with Crippen molar-refractivity contribution >= 4 is 27.4 Å². The maximum Gasteiger partial charge on any atom is 0.193 e. The lowest BCUT2D eigenvalue weighted by Crippen LogP contribution is -2.44. The molecule has 1 aliphatic rings. The van der Waals surface area contributed by atoms with Crippen LogP contribution in [0.15, 0.2) is 75.9 Å². The predicted molar refractivity (Wildman–Crippen MR) is 115 cm³/mol. The van der Waals surface area contributed by atoms with Crippen LogP contribution in [0, 0.1) is 0 Å². The predicted octanol–water partition coefficient (Wildman–Crippen LogP) is 4.37. The molecule has 4 heteroatoms. The highest BCUT2D eigenvalue weighted by atomic mass is 16.3. The van der Waals surface area contributed by atoms with Crippen molar-refractivity contribution in [2.45, 2.75) is 0 Å². The fourth-order valence-corrected chi connectivity index (χ4v) is 3.93. The topological polar surface area (TPSA) is 36.7 Å². The number of likely N-dealkylation sites (N-methyl/N-ethyl adjacent to an activating group) is 1. The molecule has 0 bridgehead atoms. The number of anilines is 1. The summed E-state index contributed by atoms with van der Waals surface area (Å²) in [4.78, 5) is 17.4. The Bertz CT molecular complexity index is 1200. The van der Waals surface area contributed by atoms with Crippen molar-refractivity contribution in [3.05, 3.63) is 77.0 Å². The van der Waals surface area contributed by atoms with Crippen molar-refractivity contribution in [1.82, 2.24) is 4.90 Å². The third-order valence-electron chi connectivity index (χ3n) is 5.64. The average molecular weight is 370 g/mol. The number of nitrogens with zero attached hydrogens (tertiary/aromatic N) is 2. The van der Waals surface area contributed by atoms with Crippen LogP contribution in [-0.4, -0.2) is 38.1 Å². The Balaban J connectivity index is 1.55. The summed E-state index contributed by atoms with van der Waals surface area (Å²) < 4.78 is 6.22. The van der Waals surface area contributed by atoms with Crippen LogP contribution in [0.5, 0.6) is 0 Å². The van der Waals surface area contributed by atoms with Gasteiger partial charge < -0.3 is 14.2 Å². The summed E-state index contributed by atoms with van der Waals surface area (Å²) in [6.07, 6.45) is 0. The first kappa shape index (κ1) is 17.0. The standard InChI is InChI=1S/C24H22N2O2/c1-25-12-14-26(15-13-25)19-9-6-18(7-10-19)23-16-22(27)21-11-8-17-4-2-3-5-20(17)24(21)28-23/h2-11,16H,12-15H2,1H3. The van der Waals surface area contributed by atoms with Gasteiger partial charge >= 0.3 is 0 Å². The summed E-state index contributed by atoms with van der Waals surface area (Å²) in [5, 5.41) is 2.66. The Morgan fingerprint density at radius 3 is 2.36 bits per heavy atom. The van der Waals surface area contributed by atoms with Gasteiger partial charge in [-0.15, -0.1) is 0 Å². The van der Waals surface area contributed by atoms with Crippen molar-refractivity contribution in [1.29, 1.82) is 0 Å². The van der Waals surface area contributed by atoms with E-state index in [1.165, 1.54) is 5.69 Å². The molecule has 4 aromatic rings. The quantitative estimate of drug-likeness (QED) is 0.491. The first-order valence-electron chi connectivity index (χ1n) is 9.68. The van der Waals surface area contributed by atoms with Gasteiger partial charge in [0.2, 0.25) is 0 Å². The van der Waals surface area contributed by atoms with E-state index in [9.17, 15) is 4.79 Å². The van der Waals surface area contributed by atoms with E-state index in [1.54, 1.807) is 6.07 Å². The second-order valence-corrected chi connectivity index (χ2v) is 7.48. The Morgan fingerprint density at radius 2 is 1.57 bits per heavy atom. The Hall–Kier alpha value is -3.11. The minimum Gasteiger partial charge on any atom is -0.455 e. The van der Waals surface area contributed by atoms with Crippen LogP contribution in [0.1, 0.15) is 0 Å². The van der Waals surface area contributed by atoms with E-state index in [1.807, 2.05) is 48.5 Å². The summed E-state index contributed by atoms with van der Waals surface area (Å²) in [6.45, 7) is 4.22. The van der Waals surface area contributed by atoms with Crippen molar-refractivity contribution in [3.63, 3.8) is 0 Å². The molecule has 0 aliphatic carbocycles. The molecule has 0 spiro atoms. The zero-order valence-corrected chi connectivity index (χ0v) is 15.9. The fourth-order valence-electron chi connectivity index (χ4n) is 3.93. The highest BCUT2D eigenvalue weighted by Crippen LogP contribution is 2.29. The van der Waals surface area contributed by atoms with E-state index in [2.05, 4.69) is 29.0 Å². The van der Waals surface area contributed by atoms with Crippen LogP contribution >= 0.6 is 0 Å². The summed E-state index contributed by atoms with van der Waals surface area (Å²) >= 11 is 0. The SMILES string of the molecule is CN1CCN(c2ccc(-c3cc(=O)c4ccc5ccccc5c4o3)cc2)CC1. The molecular formula is C24H22N2O2. The van der Waals surface area contributed by atoms with Gasteiger partial charge in [0.1, 0.15) is 11.3 Å². The molecule has 0 radical (unpaired) electrons. The van der Waals surface area contributed by atoms with Gasteiger partial charge in [-0.1, -0.05) is 30.3 Å². The van der Waals surface area contributed by atoms with Crippen LogP contribution in [0.4, 0.5) is 5.69 Å². The molecule has 1 fully saturated rings. The maximum atomic E-state index is 12.7. The van der Waals surface area contributed by atoms with Gasteiger partial charge in [-0.3, -0.25) is 4.79 Å². The molecule has 28 heavy (non-hydrogen) atoms. The van der Waals surface area contributed by atoms with Gasteiger partial charge in [0.15, 0.2) is 5.43 Å². The third kappa shape index (κ3) is 2.96. The van der Waals surface area contributed by atoms with E-state index in [-0.39, 0.29) is 5.43 Å². The first-order valence-corrected chi connectivity index (χ1v) is 9.68. The molecule has 5 rings (SSSR count). The zero-order chi connectivity index (χ0) is 19.1. The van der Waals surface area contributed by atoms with E-state index >= 15 is 0 Å². The van der Waals surface area contributed by atoms with E-state index in [4.69, 9.17) is 4.42 Å². The number of piperazine rings is 1. The first-order chi connectivity index (χ1) is 13.7. The largest absolute Gasteiger partial charge is 0.455 e. The Kier molecular flexibility index (Phi) is 4.14. The number of benzene rings is 3. The lowest BCUT2D eigenvalue weighted by molar-refractivity contribution is 0.313. The highest BCUT2D eigenvalue weighted by molar-refractivity contribution is 6.04. The maximum absolute atomic E-state index is 12.7. The fraction of sp³-hybridized carbons (Fsp3) is 0.208. The molecule has 0 saturated carbocycles. The van der Waals surface area contributed by atoms with Gasteiger partial charge in [0.25, 0.3) is 0 Å². The van der Waals surface area contributed by atoms with Gasteiger partial charge in [-0.25, -0.2) is 0 Å². The van der Waals surface area contributed by atoms with Crippen LogP contribution in [0.2, 0.25) is 0 Å². The number of rotatable bonds is 2. The van der Waals surface area contributed by atoms with Crippen LogP contribution < -0.4 is 10.3 Å². The summed E-state index contributed by atoms with van der Waals surface area (Å²) in [6, 6.07) is 21.7. The lowest BCUT2D eigenvalue weighted by Gasteiger charge is -2.34. The zero-order valence-electron chi connectivity index (χ0n) is 15.9. The monoisotopic (exact) mass is 370 g/mol. The molecule has 1 aromatic heterocycles. The Labute approximate surface area is 163 Å². The average Bonchev–Trinajstić information content (AvgIpc) is 2.74. The number of hydrogen-bond donors (Lipinski definition) is 0. The highest BCUT2D eigenvalue weighted by Gasteiger charge is 2.15.